The van der Waals surface area contributed by atoms with Gasteiger partial charge >= 0.3 is 0 Å². The Balaban J connectivity index is 2.11. The molecule has 0 atom stereocenters. The van der Waals surface area contributed by atoms with Crippen LogP contribution in [0.5, 0.6) is 0 Å². The molecule has 0 saturated heterocycles. The second-order valence-corrected chi connectivity index (χ2v) is 4.59. The summed E-state index contributed by atoms with van der Waals surface area (Å²) < 4.78 is 0. The molecule has 2 aromatic rings. The van der Waals surface area contributed by atoms with Gasteiger partial charge < -0.3 is 10.6 Å². The lowest BCUT2D eigenvalue weighted by atomic mass is 10.1. The van der Waals surface area contributed by atoms with Crippen molar-refractivity contribution in [2.24, 2.45) is 5.73 Å². The Labute approximate surface area is 112 Å². The van der Waals surface area contributed by atoms with Gasteiger partial charge in [0.05, 0.1) is 5.02 Å². The average Bonchev–Trinajstić information content (AvgIpc) is 2.40. The topological polar surface area (TPSA) is 42.1 Å². The van der Waals surface area contributed by atoms with Crippen LogP contribution >= 0.6 is 11.6 Å². The highest BCUT2D eigenvalue weighted by molar-refractivity contribution is 6.32. The number of benzene rings is 1. The number of hydrogen-bond donors (Lipinski definition) is 1. The molecular formula is C14H16ClN3. The highest BCUT2D eigenvalue weighted by Crippen LogP contribution is 2.22. The third-order valence-electron chi connectivity index (χ3n) is 2.78. The zero-order valence-electron chi connectivity index (χ0n) is 10.3. The molecule has 0 aliphatic rings. The van der Waals surface area contributed by atoms with Crippen molar-refractivity contribution in [3.63, 3.8) is 0 Å². The first kappa shape index (κ1) is 12.9. The van der Waals surface area contributed by atoms with Gasteiger partial charge in [-0.05, 0) is 23.3 Å². The van der Waals surface area contributed by atoms with E-state index in [1.807, 2.05) is 36.2 Å². The van der Waals surface area contributed by atoms with Crippen LogP contribution in [0.15, 0.2) is 42.6 Å². The van der Waals surface area contributed by atoms with E-state index in [-0.39, 0.29) is 0 Å². The Morgan fingerprint density at radius 3 is 2.44 bits per heavy atom. The van der Waals surface area contributed by atoms with Crippen molar-refractivity contribution in [1.82, 2.24) is 4.98 Å². The molecule has 0 radical (unpaired) electrons. The lowest BCUT2D eigenvalue weighted by Crippen LogP contribution is -2.18. The highest BCUT2D eigenvalue weighted by Gasteiger charge is 2.07. The van der Waals surface area contributed by atoms with Gasteiger partial charge in [0.25, 0.3) is 0 Å². The van der Waals surface area contributed by atoms with Crippen LogP contribution in [0.1, 0.15) is 11.1 Å². The van der Waals surface area contributed by atoms with Crippen molar-refractivity contribution in [3.8, 4) is 0 Å². The molecule has 0 bridgehead atoms. The quantitative estimate of drug-likeness (QED) is 0.920. The van der Waals surface area contributed by atoms with Gasteiger partial charge in [-0.3, -0.25) is 0 Å². The molecule has 4 heteroatoms. The summed E-state index contributed by atoms with van der Waals surface area (Å²) in [6.07, 6.45) is 1.75. The minimum atomic E-state index is 0.572. The van der Waals surface area contributed by atoms with Gasteiger partial charge in [0, 0.05) is 26.3 Å². The van der Waals surface area contributed by atoms with Crippen molar-refractivity contribution >= 4 is 17.4 Å². The maximum absolute atomic E-state index is 6.11. The van der Waals surface area contributed by atoms with E-state index in [1.54, 1.807) is 6.20 Å². The first-order valence-electron chi connectivity index (χ1n) is 5.80. The summed E-state index contributed by atoms with van der Waals surface area (Å²) in [6, 6.07) is 11.9. The number of nitrogens with zero attached hydrogens (tertiary/aromatic N) is 2. The predicted molar refractivity (Wildman–Crippen MR) is 75.7 cm³/mol. The molecule has 18 heavy (non-hydrogen) atoms. The van der Waals surface area contributed by atoms with E-state index in [2.05, 4.69) is 17.1 Å². The second kappa shape index (κ2) is 5.85. The standard InChI is InChI=1S/C14H16ClN3/c1-18(14-13(15)3-2-8-17-14)10-12-6-4-11(9-16)5-7-12/h2-8H,9-10,16H2,1H3. The van der Waals surface area contributed by atoms with E-state index < -0.39 is 0 Å². The van der Waals surface area contributed by atoms with E-state index in [1.165, 1.54) is 5.56 Å². The molecule has 94 valence electrons. The fourth-order valence-corrected chi connectivity index (χ4v) is 2.05. The monoisotopic (exact) mass is 261 g/mol. The number of pyridine rings is 1. The van der Waals surface area contributed by atoms with E-state index >= 15 is 0 Å². The first-order valence-corrected chi connectivity index (χ1v) is 6.18. The smallest absolute Gasteiger partial charge is 0.147 e. The molecule has 1 heterocycles. The van der Waals surface area contributed by atoms with Gasteiger partial charge in [0.15, 0.2) is 0 Å². The number of hydrogen-bond acceptors (Lipinski definition) is 3. The lowest BCUT2D eigenvalue weighted by Gasteiger charge is -2.19. The Bertz CT molecular complexity index is 511. The van der Waals surface area contributed by atoms with Gasteiger partial charge in [-0.15, -0.1) is 0 Å². The summed E-state index contributed by atoms with van der Waals surface area (Å²) in [5, 5.41) is 0.665. The number of aromatic nitrogens is 1. The minimum Gasteiger partial charge on any atom is -0.354 e. The molecule has 0 saturated carbocycles. The van der Waals surface area contributed by atoms with Crippen molar-refractivity contribution in [1.29, 1.82) is 0 Å². The SMILES string of the molecule is CN(Cc1ccc(CN)cc1)c1ncccc1Cl. The average molecular weight is 262 g/mol. The van der Waals surface area contributed by atoms with Crippen LogP contribution in [-0.4, -0.2) is 12.0 Å². The molecular weight excluding hydrogens is 246 g/mol. The molecule has 0 amide bonds. The summed E-state index contributed by atoms with van der Waals surface area (Å²) >= 11 is 6.11. The Hall–Kier alpha value is -1.58. The maximum Gasteiger partial charge on any atom is 0.147 e. The molecule has 3 nitrogen and oxygen atoms in total. The molecule has 1 aromatic heterocycles. The molecule has 2 rings (SSSR count). The highest BCUT2D eigenvalue weighted by atomic mass is 35.5. The van der Waals surface area contributed by atoms with E-state index in [0.29, 0.717) is 11.6 Å². The van der Waals surface area contributed by atoms with Crippen LogP contribution in [0.25, 0.3) is 0 Å². The fourth-order valence-electron chi connectivity index (χ4n) is 1.79. The predicted octanol–water partition coefficient (Wildman–Crippen LogP) is 2.83. The Kier molecular flexibility index (Phi) is 4.18. The van der Waals surface area contributed by atoms with Crippen molar-refractivity contribution in [2.45, 2.75) is 13.1 Å². The number of nitrogens with two attached hydrogens (primary N) is 1. The van der Waals surface area contributed by atoms with Crippen molar-refractivity contribution in [2.75, 3.05) is 11.9 Å². The molecule has 0 aliphatic carbocycles. The molecule has 2 N–H and O–H groups in total. The summed E-state index contributed by atoms with van der Waals surface area (Å²) in [5.41, 5.74) is 7.92. The molecule has 1 aromatic carbocycles. The molecule has 0 fully saturated rings. The summed E-state index contributed by atoms with van der Waals surface area (Å²) in [4.78, 5) is 6.31. The van der Waals surface area contributed by atoms with E-state index in [0.717, 1.165) is 17.9 Å². The number of halogens is 1. The second-order valence-electron chi connectivity index (χ2n) is 4.19. The van der Waals surface area contributed by atoms with Crippen LogP contribution < -0.4 is 10.6 Å². The van der Waals surface area contributed by atoms with Crippen molar-refractivity contribution < 1.29 is 0 Å². The Morgan fingerprint density at radius 2 is 1.83 bits per heavy atom. The third-order valence-corrected chi connectivity index (χ3v) is 3.07. The first-order chi connectivity index (χ1) is 8.70. The van der Waals surface area contributed by atoms with Crippen molar-refractivity contribution in [3.05, 3.63) is 58.7 Å². The lowest BCUT2D eigenvalue weighted by molar-refractivity contribution is 0.896. The number of anilines is 1. The van der Waals surface area contributed by atoms with Crippen LogP contribution in [-0.2, 0) is 13.1 Å². The molecule has 0 aliphatic heterocycles. The van der Waals surface area contributed by atoms with Crippen LogP contribution in [0, 0.1) is 0 Å². The Morgan fingerprint density at radius 1 is 1.17 bits per heavy atom. The van der Waals surface area contributed by atoms with Gasteiger partial charge in [-0.2, -0.15) is 0 Å². The minimum absolute atomic E-state index is 0.572. The third kappa shape index (κ3) is 3.00. The summed E-state index contributed by atoms with van der Waals surface area (Å²) in [7, 11) is 1.98. The van der Waals surface area contributed by atoms with Gasteiger partial charge in [0.1, 0.15) is 5.82 Å². The fraction of sp³-hybridized carbons (Fsp3) is 0.214. The maximum atomic E-state index is 6.11. The largest absolute Gasteiger partial charge is 0.354 e. The van der Waals surface area contributed by atoms with Gasteiger partial charge in [-0.1, -0.05) is 35.9 Å². The number of rotatable bonds is 4. The van der Waals surface area contributed by atoms with E-state index in [9.17, 15) is 0 Å². The van der Waals surface area contributed by atoms with Crippen LogP contribution in [0.4, 0.5) is 5.82 Å². The van der Waals surface area contributed by atoms with Gasteiger partial charge in [0.2, 0.25) is 0 Å². The van der Waals surface area contributed by atoms with E-state index in [4.69, 9.17) is 17.3 Å². The van der Waals surface area contributed by atoms with Gasteiger partial charge in [-0.25, -0.2) is 4.98 Å². The zero-order valence-corrected chi connectivity index (χ0v) is 11.1. The van der Waals surface area contributed by atoms with Crippen LogP contribution in [0.3, 0.4) is 0 Å². The molecule has 0 unspecified atom stereocenters. The van der Waals surface area contributed by atoms with Crippen LogP contribution in [0.2, 0.25) is 5.02 Å². The molecule has 0 spiro atoms. The normalized spacial score (nSPS) is 10.4. The summed E-state index contributed by atoms with van der Waals surface area (Å²) in [5.74, 6) is 0.794. The zero-order chi connectivity index (χ0) is 13.0. The summed E-state index contributed by atoms with van der Waals surface area (Å²) in [6.45, 7) is 1.34.